The Hall–Kier alpha value is -2.55. The number of aromatic nitrogens is 2. The van der Waals surface area contributed by atoms with E-state index in [9.17, 15) is 0 Å². The zero-order valence-corrected chi connectivity index (χ0v) is 21.2. The molecule has 1 aromatic heterocycles. The van der Waals surface area contributed by atoms with Crippen LogP contribution in [0.4, 0.5) is 5.69 Å². The van der Waals surface area contributed by atoms with Crippen molar-refractivity contribution in [3.05, 3.63) is 83.9 Å². The summed E-state index contributed by atoms with van der Waals surface area (Å²) in [5.41, 5.74) is 5.08. The van der Waals surface area contributed by atoms with Crippen molar-refractivity contribution in [1.82, 2.24) is 20.2 Å². The van der Waals surface area contributed by atoms with Crippen molar-refractivity contribution < 1.29 is 0 Å². The van der Waals surface area contributed by atoms with E-state index in [2.05, 4.69) is 85.5 Å². The van der Waals surface area contributed by atoms with Crippen LogP contribution in [-0.4, -0.2) is 35.6 Å². The number of halogens is 1. The van der Waals surface area contributed by atoms with Crippen molar-refractivity contribution >= 4 is 35.6 Å². The van der Waals surface area contributed by atoms with Gasteiger partial charge in [0, 0.05) is 51.3 Å². The van der Waals surface area contributed by atoms with Gasteiger partial charge in [-0.25, -0.2) is 4.98 Å². The average molecular weight is 544 g/mol. The zero-order valence-electron chi connectivity index (χ0n) is 18.9. The molecule has 1 aliphatic rings. The number of rotatable bonds is 7. The highest BCUT2D eigenvalue weighted by atomic mass is 127. The van der Waals surface area contributed by atoms with E-state index in [0.29, 0.717) is 0 Å². The summed E-state index contributed by atoms with van der Waals surface area (Å²) in [6, 6.07) is 17.6. The second-order valence-corrected chi connectivity index (χ2v) is 8.14. The molecule has 170 valence electrons. The highest BCUT2D eigenvalue weighted by Crippen LogP contribution is 2.24. The molecule has 4 rings (SSSR count). The summed E-state index contributed by atoms with van der Waals surface area (Å²) in [4.78, 5) is 11.0. The second kappa shape index (κ2) is 11.9. The summed E-state index contributed by atoms with van der Waals surface area (Å²) in [7, 11) is 1.82. The molecule has 6 nitrogen and oxygen atoms in total. The Morgan fingerprint density at radius 2 is 1.88 bits per heavy atom. The van der Waals surface area contributed by atoms with E-state index in [1.165, 1.54) is 35.2 Å². The van der Waals surface area contributed by atoms with Gasteiger partial charge in [0.2, 0.25) is 0 Å². The summed E-state index contributed by atoms with van der Waals surface area (Å²) in [5, 5.41) is 6.98. The molecule has 0 radical (unpaired) electrons. The molecule has 1 fully saturated rings. The first-order chi connectivity index (χ1) is 15.2. The van der Waals surface area contributed by atoms with Crippen molar-refractivity contribution in [2.45, 2.75) is 38.9 Å². The van der Waals surface area contributed by atoms with E-state index in [4.69, 9.17) is 0 Å². The van der Waals surface area contributed by atoms with Crippen LogP contribution in [-0.2, 0) is 13.1 Å². The van der Waals surface area contributed by atoms with Crippen molar-refractivity contribution in [3.8, 4) is 0 Å². The molecule has 0 aliphatic carbocycles. The minimum Gasteiger partial charge on any atom is -0.372 e. The minimum absolute atomic E-state index is 0. The van der Waals surface area contributed by atoms with Gasteiger partial charge >= 0.3 is 0 Å². The van der Waals surface area contributed by atoms with Gasteiger partial charge in [-0.15, -0.1) is 24.0 Å². The first-order valence-electron chi connectivity index (χ1n) is 11.1. The third-order valence-electron chi connectivity index (χ3n) is 5.79. The maximum Gasteiger partial charge on any atom is 0.191 e. The monoisotopic (exact) mass is 544 g/mol. The highest BCUT2D eigenvalue weighted by molar-refractivity contribution is 14.0. The number of nitrogens with one attached hydrogen (secondary N) is 2. The fourth-order valence-electron chi connectivity index (χ4n) is 4.06. The summed E-state index contributed by atoms with van der Waals surface area (Å²) in [6.45, 7) is 6.05. The third-order valence-corrected chi connectivity index (χ3v) is 5.79. The van der Waals surface area contributed by atoms with Crippen molar-refractivity contribution in [2.75, 3.05) is 25.0 Å². The molecular formula is C25H33IN6. The van der Waals surface area contributed by atoms with E-state index in [-0.39, 0.29) is 30.0 Å². The number of benzene rings is 2. The van der Waals surface area contributed by atoms with E-state index in [1.807, 2.05) is 25.8 Å². The molecule has 0 spiro atoms. The van der Waals surface area contributed by atoms with Crippen LogP contribution in [0.3, 0.4) is 0 Å². The lowest BCUT2D eigenvalue weighted by Crippen LogP contribution is -2.38. The molecule has 2 heterocycles. The number of hydrogen-bond donors (Lipinski definition) is 2. The largest absolute Gasteiger partial charge is 0.372 e. The van der Waals surface area contributed by atoms with Gasteiger partial charge < -0.3 is 20.1 Å². The van der Waals surface area contributed by atoms with Crippen LogP contribution >= 0.6 is 24.0 Å². The molecule has 1 saturated heterocycles. The number of imidazole rings is 1. The van der Waals surface area contributed by atoms with Gasteiger partial charge in [-0.3, -0.25) is 4.99 Å². The smallest absolute Gasteiger partial charge is 0.191 e. The number of anilines is 1. The number of guanidine groups is 1. The number of hydrogen-bond acceptors (Lipinski definition) is 3. The summed E-state index contributed by atoms with van der Waals surface area (Å²) in [5.74, 6) is 0.805. The minimum atomic E-state index is 0. The normalized spacial score (nSPS) is 14.7. The molecule has 1 unspecified atom stereocenters. The molecule has 32 heavy (non-hydrogen) atoms. The van der Waals surface area contributed by atoms with E-state index < -0.39 is 0 Å². The quantitative estimate of drug-likeness (QED) is 0.260. The van der Waals surface area contributed by atoms with E-state index in [1.54, 1.807) is 0 Å². The summed E-state index contributed by atoms with van der Waals surface area (Å²) >= 11 is 0. The van der Waals surface area contributed by atoms with Gasteiger partial charge in [0.15, 0.2) is 5.96 Å². The first-order valence-corrected chi connectivity index (χ1v) is 11.1. The molecule has 7 heteroatoms. The summed E-state index contributed by atoms with van der Waals surface area (Å²) in [6.07, 6.45) is 8.22. The topological polar surface area (TPSA) is 57.5 Å². The molecule has 0 saturated carbocycles. The lowest BCUT2D eigenvalue weighted by Gasteiger charge is -2.22. The predicted molar refractivity (Wildman–Crippen MR) is 143 cm³/mol. The van der Waals surface area contributed by atoms with Gasteiger partial charge in [-0.1, -0.05) is 36.4 Å². The van der Waals surface area contributed by atoms with Crippen LogP contribution in [0.25, 0.3) is 0 Å². The summed E-state index contributed by atoms with van der Waals surface area (Å²) < 4.78 is 2.07. The standard InChI is InChI=1S/C25H32N6.HI/c1-20(23-9-6-10-24(16-23)31-12-3-4-13-31)29-25(26-2)28-17-21-7-5-8-22(15-21)18-30-14-11-27-19-30;/h5-11,14-16,19-20H,3-4,12-13,17-18H2,1-2H3,(H2,26,28,29);1H. The van der Waals surface area contributed by atoms with Gasteiger partial charge in [0.05, 0.1) is 12.4 Å². The third kappa shape index (κ3) is 6.48. The molecule has 0 bridgehead atoms. The van der Waals surface area contributed by atoms with E-state index in [0.717, 1.165) is 32.1 Å². The predicted octanol–water partition coefficient (Wildman–Crippen LogP) is 4.58. The highest BCUT2D eigenvalue weighted by Gasteiger charge is 2.14. The maximum absolute atomic E-state index is 4.42. The Morgan fingerprint density at radius 1 is 1.09 bits per heavy atom. The van der Waals surface area contributed by atoms with Crippen LogP contribution in [0.1, 0.15) is 42.5 Å². The van der Waals surface area contributed by atoms with Crippen molar-refractivity contribution in [1.29, 1.82) is 0 Å². The van der Waals surface area contributed by atoms with Crippen molar-refractivity contribution in [2.24, 2.45) is 4.99 Å². The lowest BCUT2D eigenvalue weighted by atomic mass is 10.1. The first kappa shape index (κ1) is 24.1. The Morgan fingerprint density at radius 3 is 2.62 bits per heavy atom. The van der Waals surface area contributed by atoms with Gasteiger partial charge in [0.1, 0.15) is 0 Å². The Kier molecular flexibility index (Phi) is 8.96. The molecule has 2 aromatic carbocycles. The second-order valence-electron chi connectivity index (χ2n) is 8.14. The molecular weight excluding hydrogens is 511 g/mol. The van der Waals surface area contributed by atoms with Crippen LogP contribution < -0.4 is 15.5 Å². The van der Waals surface area contributed by atoms with Crippen molar-refractivity contribution in [3.63, 3.8) is 0 Å². The average Bonchev–Trinajstić information content (AvgIpc) is 3.51. The zero-order chi connectivity index (χ0) is 21.5. The van der Waals surface area contributed by atoms with Gasteiger partial charge in [0.25, 0.3) is 0 Å². The van der Waals surface area contributed by atoms with Gasteiger partial charge in [-0.2, -0.15) is 0 Å². The lowest BCUT2D eigenvalue weighted by molar-refractivity contribution is 0.684. The van der Waals surface area contributed by atoms with Gasteiger partial charge in [-0.05, 0) is 48.6 Å². The molecule has 2 N–H and O–H groups in total. The molecule has 3 aromatic rings. The van der Waals surface area contributed by atoms with E-state index >= 15 is 0 Å². The molecule has 1 atom stereocenters. The number of nitrogens with zero attached hydrogens (tertiary/aromatic N) is 4. The Balaban J connectivity index is 0.00000289. The van der Waals surface area contributed by atoms with Crippen LogP contribution in [0.15, 0.2) is 72.2 Å². The maximum atomic E-state index is 4.42. The fraction of sp³-hybridized carbons (Fsp3) is 0.360. The van der Waals surface area contributed by atoms with Crippen LogP contribution in [0.5, 0.6) is 0 Å². The fourth-order valence-corrected chi connectivity index (χ4v) is 4.06. The Labute approximate surface area is 208 Å². The Bertz CT molecular complexity index is 995. The van der Waals surface area contributed by atoms with Crippen LogP contribution in [0.2, 0.25) is 0 Å². The molecule has 1 aliphatic heterocycles. The number of aliphatic imine (C=N–C) groups is 1. The molecule has 0 amide bonds. The van der Waals surface area contributed by atoms with Crippen LogP contribution in [0, 0.1) is 0 Å². The SMILES string of the molecule is CN=C(NCc1cccc(Cn2ccnc2)c1)NC(C)c1cccc(N2CCCC2)c1.I.